The van der Waals surface area contributed by atoms with Crippen molar-refractivity contribution in [2.45, 2.75) is 64.9 Å². The van der Waals surface area contributed by atoms with Gasteiger partial charge in [-0.1, -0.05) is 20.8 Å². The molecule has 0 amide bonds. The summed E-state index contributed by atoms with van der Waals surface area (Å²) in [6.07, 6.45) is 2.85. The minimum atomic E-state index is -5.23. The molecule has 0 aromatic rings. The van der Waals surface area contributed by atoms with Gasteiger partial charge >= 0.3 is 15.5 Å². The first-order valence-corrected chi connectivity index (χ1v) is 10.7. The number of aliphatic imine (C=N–C) groups is 1. The highest BCUT2D eigenvalue weighted by Gasteiger charge is 2.50. The van der Waals surface area contributed by atoms with Gasteiger partial charge in [-0.05, 0) is 43.9 Å². The van der Waals surface area contributed by atoms with Crippen LogP contribution in [0.3, 0.4) is 0 Å². The summed E-state index contributed by atoms with van der Waals surface area (Å²) in [4.78, 5) is 4.18. The molecule has 0 saturated carbocycles. The van der Waals surface area contributed by atoms with Gasteiger partial charge in [-0.25, -0.2) is 8.42 Å². The van der Waals surface area contributed by atoms with Crippen LogP contribution in [0.15, 0.2) is 4.99 Å². The van der Waals surface area contributed by atoms with E-state index >= 15 is 0 Å². The summed E-state index contributed by atoms with van der Waals surface area (Å²) >= 11 is 0. The molecule has 1 heterocycles. The molecular weight excluding hydrogens is 381 g/mol. The maximum Gasteiger partial charge on any atom is 0.511 e. The van der Waals surface area contributed by atoms with Gasteiger partial charge in [-0.2, -0.15) is 17.5 Å². The molecule has 2 N–H and O–H groups in total. The Hall–Kier alpha value is -1.03. The highest BCUT2D eigenvalue weighted by atomic mass is 32.2. The smallest absolute Gasteiger partial charge is 0.356 e. The summed E-state index contributed by atoms with van der Waals surface area (Å²) in [7, 11) is -3.55. The second-order valence-corrected chi connectivity index (χ2v) is 10.3. The van der Waals surface area contributed by atoms with E-state index in [2.05, 4.69) is 43.3 Å². The number of nitrogens with one attached hydrogen (secondary N) is 2. The molecule has 1 unspecified atom stereocenters. The van der Waals surface area contributed by atoms with Crippen LogP contribution < -0.4 is 10.6 Å². The molecule has 1 aliphatic rings. The maximum atomic E-state index is 12.6. The number of hydrogen-bond acceptors (Lipinski definition) is 3. The van der Waals surface area contributed by atoms with Crippen molar-refractivity contribution >= 4 is 16.0 Å². The molecular formula is C17H33F3N4O2S. The molecule has 1 atom stereocenters. The van der Waals surface area contributed by atoms with E-state index in [4.69, 9.17) is 0 Å². The molecule has 10 heteroatoms. The summed E-state index contributed by atoms with van der Waals surface area (Å²) in [5.74, 6) is 0.759. The molecule has 0 aromatic heterocycles. The third-order valence-electron chi connectivity index (χ3n) is 4.70. The number of nitrogens with zero attached hydrogens (tertiary/aromatic N) is 2. The van der Waals surface area contributed by atoms with Crippen LogP contribution in [0.4, 0.5) is 13.2 Å². The number of guanidine groups is 1. The van der Waals surface area contributed by atoms with Crippen LogP contribution in [-0.4, -0.2) is 56.9 Å². The first-order chi connectivity index (χ1) is 12.3. The van der Waals surface area contributed by atoms with Gasteiger partial charge in [0.15, 0.2) is 5.96 Å². The topological polar surface area (TPSA) is 73.8 Å². The van der Waals surface area contributed by atoms with Crippen molar-refractivity contribution in [3.63, 3.8) is 0 Å². The third-order valence-corrected chi connectivity index (χ3v) is 6.33. The molecule has 1 aliphatic heterocycles. The zero-order valence-corrected chi connectivity index (χ0v) is 17.7. The number of halogens is 3. The van der Waals surface area contributed by atoms with E-state index in [1.165, 1.54) is 0 Å². The van der Waals surface area contributed by atoms with Crippen molar-refractivity contribution in [2.75, 3.05) is 26.7 Å². The lowest BCUT2D eigenvalue weighted by atomic mass is 9.89. The Kier molecular flexibility index (Phi) is 8.40. The number of piperidine rings is 1. The molecule has 1 fully saturated rings. The van der Waals surface area contributed by atoms with Crippen molar-refractivity contribution < 1.29 is 21.6 Å². The first-order valence-electron chi connectivity index (χ1n) is 9.30. The monoisotopic (exact) mass is 414 g/mol. The van der Waals surface area contributed by atoms with Gasteiger partial charge < -0.3 is 10.6 Å². The molecule has 27 heavy (non-hydrogen) atoms. The summed E-state index contributed by atoms with van der Waals surface area (Å²) < 4.78 is 61.2. The summed E-state index contributed by atoms with van der Waals surface area (Å²) in [5, 5.41) is 6.52. The Balaban J connectivity index is 2.42. The SMILES string of the molecule is CN=C(NCC1CCN(S(=O)(=O)C(F)(F)F)CC1)NC(C)CCC(C)(C)C. The number of rotatable bonds is 6. The molecule has 0 aromatic carbocycles. The fourth-order valence-electron chi connectivity index (χ4n) is 2.89. The van der Waals surface area contributed by atoms with Crippen LogP contribution in [0, 0.1) is 11.3 Å². The Morgan fingerprint density at radius 1 is 1.22 bits per heavy atom. The highest BCUT2D eigenvalue weighted by Crippen LogP contribution is 2.30. The predicted molar refractivity (Wildman–Crippen MR) is 102 cm³/mol. The summed E-state index contributed by atoms with van der Waals surface area (Å²) in [6.45, 7) is 8.99. The lowest BCUT2D eigenvalue weighted by Crippen LogP contribution is -2.48. The summed E-state index contributed by atoms with van der Waals surface area (Å²) in [5.41, 5.74) is -4.97. The van der Waals surface area contributed by atoms with Crippen molar-refractivity contribution in [2.24, 2.45) is 16.3 Å². The van der Waals surface area contributed by atoms with Gasteiger partial charge in [0.05, 0.1) is 0 Å². The van der Waals surface area contributed by atoms with Crippen LogP contribution in [-0.2, 0) is 10.0 Å². The second kappa shape index (κ2) is 9.45. The van der Waals surface area contributed by atoms with Gasteiger partial charge in [0.1, 0.15) is 0 Å². The molecule has 1 rings (SSSR count). The molecule has 6 nitrogen and oxygen atoms in total. The van der Waals surface area contributed by atoms with Crippen molar-refractivity contribution in [1.29, 1.82) is 0 Å². The molecule has 0 spiro atoms. The minimum absolute atomic E-state index is 0.105. The van der Waals surface area contributed by atoms with Crippen LogP contribution in [0.1, 0.15) is 53.4 Å². The number of sulfonamides is 1. The Labute approximate surface area is 161 Å². The van der Waals surface area contributed by atoms with Crippen LogP contribution in [0.25, 0.3) is 0 Å². The van der Waals surface area contributed by atoms with E-state index in [1.807, 2.05) is 0 Å². The zero-order valence-electron chi connectivity index (χ0n) is 16.9. The van der Waals surface area contributed by atoms with Gasteiger partial charge in [-0.3, -0.25) is 4.99 Å². The largest absolute Gasteiger partial charge is 0.511 e. The van der Waals surface area contributed by atoms with Crippen LogP contribution >= 0.6 is 0 Å². The predicted octanol–water partition coefficient (Wildman–Crippen LogP) is 2.93. The van der Waals surface area contributed by atoms with Crippen LogP contribution in [0.2, 0.25) is 0 Å². The first kappa shape index (κ1) is 24.0. The van der Waals surface area contributed by atoms with E-state index in [0.717, 1.165) is 12.8 Å². The van der Waals surface area contributed by atoms with Crippen molar-refractivity contribution in [3.05, 3.63) is 0 Å². The van der Waals surface area contributed by atoms with Crippen molar-refractivity contribution in [3.8, 4) is 0 Å². The molecule has 160 valence electrons. The Morgan fingerprint density at radius 3 is 2.22 bits per heavy atom. The van der Waals surface area contributed by atoms with Gasteiger partial charge in [0, 0.05) is 32.7 Å². The Morgan fingerprint density at radius 2 is 1.78 bits per heavy atom. The van der Waals surface area contributed by atoms with E-state index in [-0.39, 0.29) is 30.5 Å². The molecule has 0 radical (unpaired) electrons. The second-order valence-electron chi connectivity index (χ2n) is 8.39. The number of hydrogen-bond donors (Lipinski definition) is 2. The highest BCUT2D eigenvalue weighted by molar-refractivity contribution is 7.90. The van der Waals surface area contributed by atoms with Gasteiger partial charge in [0.25, 0.3) is 0 Å². The molecule has 1 saturated heterocycles. The van der Waals surface area contributed by atoms with E-state index in [0.29, 0.717) is 29.7 Å². The van der Waals surface area contributed by atoms with Crippen molar-refractivity contribution in [1.82, 2.24) is 14.9 Å². The average Bonchev–Trinajstić information content (AvgIpc) is 2.55. The maximum absolute atomic E-state index is 12.6. The number of alkyl halides is 3. The normalized spacial score (nSPS) is 19.8. The zero-order chi connectivity index (χ0) is 20.9. The quantitative estimate of drug-likeness (QED) is 0.518. The van der Waals surface area contributed by atoms with Gasteiger partial charge in [-0.15, -0.1) is 0 Å². The standard InChI is InChI=1S/C17H33F3N4O2S/c1-13(6-9-16(2,3)4)23-15(21-5)22-12-14-7-10-24(11-8-14)27(25,26)17(18,19)20/h13-14H,6-12H2,1-5H3,(H2,21,22,23). The van der Waals surface area contributed by atoms with E-state index in [9.17, 15) is 21.6 Å². The fourth-order valence-corrected chi connectivity index (χ4v) is 3.88. The van der Waals surface area contributed by atoms with Gasteiger partial charge in [0.2, 0.25) is 0 Å². The average molecular weight is 415 g/mol. The fraction of sp³-hybridized carbons (Fsp3) is 0.941. The Bertz CT molecular complexity index is 592. The van der Waals surface area contributed by atoms with E-state index < -0.39 is 15.5 Å². The van der Waals surface area contributed by atoms with E-state index in [1.54, 1.807) is 7.05 Å². The minimum Gasteiger partial charge on any atom is -0.356 e. The summed E-state index contributed by atoms with van der Waals surface area (Å²) in [6, 6.07) is 0.245. The van der Waals surface area contributed by atoms with Crippen LogP contribution in [0.5, 0.6) is 0 Å². The lowest BCUT2D eigenvalue weighted by Gasteiger charge is -2.32. The molecule has 0 bridgehead atoms. The third kappa shape index (κ3) is 7.85. The molecule has 0 aliphatic carbocycles. The lowest BCUT2D eigenvalue weighted by molar-refractivity contribution is -0.0496.